The summed E-state index contributed by atoms with van der Waals surface area (Å²) >= 11 is 0. The molecule has 0 radical (unpaired) electrons. The van der Waals surface area contributed by atoms with Crippen molar-refractivity contribution in [1.29, 1.82) is 0 Å². The van der Waals surface area contributed by atoms with Gasteiger partial charge >= 0.3 is 5.97 Å². The summed E-state index contributed by atoms with van der Waals surface area (Å²) in [6, 6.07) is 11.2. The Bertz CT molecular complexity index is 626. The molecule has 0 spiro atoms. The minimum absolute atomic E-state index is 0.0279. The Morgan fingerprint density at radius 3 is 2.48 bits per heavy atom. The van der Waals surface area contributed by atoms with E-state index in [4.69, 9.17) is 5.11 Å². The van der Waals surface area contributed by atoms with E-state index in [1.807, 2.05) is 6.07 Å². The Kier molecular flexibility index (Phi) is 4.90. The fraction of sp³-hybridized carbons (Fsp3) is 0.188. The molecule has 5 heteroatoms. The van der Waals surface area contributed by atoms with Gasteiger partial charge in [-0.05, 0) is 47.0 Å². The standard InChI is InChI=1S/C16H16FNO3/c17-14-8-11(10-18-6-5-16(20)21)7-13(9-14)12-1-3-15(19)4-2-12/h1-4,7-9,18-19H,5-6,10H2,(H,20,21). The largest absolute Gasteiger partial charge is 0.508 e. The predicted octanol–water partition coefficient (Wildman–Crippen LogP) is 2.76. The molecule has 4 nitrogen and oxygen atoms in total. The minimum Gasteiger partial charge on any atom is -0.508 e. The van der Waals surface area contributed by atoms with Gasteiger partial charge in [-0.15, -0.1) is 0 Å². The monoisotopic (exact) mass is 289 g/mol. The number of nitrogens with one attached hydrogen (secondary N) is 1. The van der Waals surface area contributed by atoms with Gasteiger partial charge in [-0.2, -0.15) is 0 Å². The second-order valence-electron chi connectivity index (χ2n) is 4.72. The van der Waals surface area contributed by atoms with E-state index in [9.17, 15) is 14.3 Å². The number of aromatic hydroxyl groups is 1. The molecule has 3 N–H and O–H groups in total. The van der Waals surface area contributed by atoms with Crippen molar-refractivity contribution < 1.29 is 19.4 Å². The van der Waals surface area contributed by atoms with Crippen LogP contribution in [-0.2, 0) is 11.3 Å². The average Bonchev–Trinajstić information content (AvgIpc) is 2.43. The molecular formula is C16H16FNO3. The molecule has 0 bridgehead atoms. The van der Waals surface area contributed by atoms with Crippen LogP contribution in [0.15, 0.2) is 42.5 Å². The molecule has 0 aromatic heterocycles. The van der Waals surface area contributed by atoms with E-state index in [0.29, 0.717) is 18.7 Å². The van der Waals surface area contributed by atoms with Crippen molar-refractivity contribution in [3.05, 3.63) is 53.8 Å². The van der Waals surface area contributed by atoms with Crippen LogP contribution >= 0.6 is 0 Å². The Balaban J connectivity index is 2.10. The lowest BCUT2D eigenvalue weighted by atomic mass is 10.0. The fourth-order valence-corrected chi connectivity index (χ4v) is 2.00. The number of hydrogen-bond donors (Lipinski definition) is 3. The van der Waals surface area contributed by atoms with Crippen LogP contribution in [0, 0.1) is 5.82 Å². The highest BCUT2D eigenvalue weighted by Gasteiger charge is 2.04. The molecule has 0 amide bonds. The lowest BCUT2D eigenvalue weighted by Crippen LogP contribution is -2.17. The maximum Gasteiger partial charge on any atom is 0.304 e. The SMILES string of the molecule is O=C(O)CCNCc1cc(F)cc(-c2ccc(O)cc2)c1. The van der Waals surface area contributed by atoms with E-state index < -0.39 is 5.97 Å². The van der Waals surface area contributed by atoms with Crippen LogP contribution in [0.3, 0.4) is 0 Å². The Morgan fingerprint density at radius 1 is 1.10 bits per heavy atom. The van der Waals surface area contributed by atoms with Gasteiger partial charge in [-0.25, -0.2) is 4.39 Å². The minimum atomic E-state index is -0.869. The number of aliphatic carboxylic acids is 1. The smallest absolute Gasteiger partial charge is 0.304 e. The highest BCUT2D eigenvalue weighted by molar-refractivity contribution is 5.67. The second-order valence-corrected chi connectivity index (χ2v) is 4.72. The van der Waals surface area contributed by atoms with Gasteiger partial charge in [0.1, 0.15) is 11.6 Å². The van der Waals surface area contributed by atoms with Crippen molar-refractivity contribution in [3.8, 4) is 16.9 Å². The number of phenols is 1. The van der Waals surface area contributed by atoms with Crippen molar-refractivity contribution >= 4 is 5.97 Å². The van der Waals surface area contributed by atoms with Crippen molar-refractivity contribution in [3.63, 3.8) is 0 Å². The quantitative estimate of drug-likeness (QED) is 0.715. The number of carboxylic acid groups (broad SMARTS) is 1. The molecule has 0 saturated heterocycles. The van der Waals surface area contributed by atoms with E-state index in [1.54, 1.807) is 24.3 Å². The first-order chi connectivity index (χ1) is 10.0. The maximum atomic E-state index is 13.7. The van der Waals surface area contributed by atoms with Gasteiger partial charge in [0.25, 0.3) is 0 Å². The third kappa shape index (κ3) is 4.57. The van der Waals surface area contributed by atoms with E-state index in [1.165, 1.54) is 12.1 Å². The van der Waals surface area contributed by atoms with Gasteiger partial charge in [0.05, 0.1) is 6.42 Å². The molecule has 0 aliphatic rings. The van der Waals surface area contributed by atoms with Gasteiger partial charge in [0.15, 0.2) is 0 Å². The fourth-order valence-electron chi connectivity index (χ4n) is 2.00. The molecule has 21 heavy (non-hydrogen) atoms. The summed E-state index contributed by atoms with van der Waals surface area (Å²) < 4.78 is 13.7. The van der Waals surface area contributed by atoms with Crippen LogP contribution in [-0.4, -0.2) is 22.7 Å². The molecule has 0 atom stereocenters. The van der Waals surface area contributed by atoms with Gasteiger partial charge in [-0.3, -0.25) is 4.79 Å². The number of benzene rings is 2. The summed E-state index contributed by atoms with van der Waals surface area (Å²) in [6.07, 6.45) is 0.0279. The van der Waals surface area contributed by atoms with Gasteiger partial charge in [0, 0.05) is 13.1 Å². The molecule has 2 rings (SSSR count). The molecule has 0 unspecified atom stereocenters. The summed E-state index contributed by atoms with van der Waals surface area (Å²) in [5, 5.41) is 20.8. The normalized spacial score (nSPS) is 10.5. The van der Waals surface area contributed by atoms with Crippen LogP contribution in [0.2, 0.25) is 0 Å². The zero-order chi connectivity index (χ0) is 15.2. The van der Waals surface area contributed by atoms with Crippen molar-refractivity contribution in [2.45, 2.75) is 13.0 Å². The second kappa shape index (κ2) is 6.85. The predicted molar refractivity (Wildman–Crippen MR) is 77.5 cm³/mol. The first-order valence-corrected chi connectivity index (χ1v) is 6.56. The number of halogens is 1. The van der Waals surface area contributed by atoms with Crippen LogP contribution in [0.4, 0.5) is 4.39 Å². The van der Waals surface area contributed by atoms with E-state index in [-0.39, 0.29) is 18.0 Å². The summed E-state index contributed by atoms with van der Waals surface area (Å²) in [5.41, 5.74) is 2.26. The van der Waals surface area contributed by atoms with Crippen LogP contribution < -0.4 is 5.32 Å². The lowest BCUT2D eigenvalue weighted by Gasteiger charge is -2.08. The topological polar surface area (TPSA) is 69.6 Å². The number of phenolic OH excluding ortho intramolecular Hbond substituents is 1. The van der Waals surface area contributed by atoms with Crippen molar-refractivity contribution in [1.82, 2.24) is 5.32 Å². The number of carbonyl (C=O) groups is 1. The molecule has 2 aromatic rings. The van der Waals surface area contributed by atoms with Crippen molar-refractivity contribution in [2.75, 3.05) is 6.54 Å². The summed E-state index contributed by atoms with van der Waals surface area (Å²) in [4.78, 5) is 10.4. The third-order valence-corrected chi connectivity index (χ3v) is 3.00. The highest BCUT2D eigenvalue weighted by atomic mass is 19.1. The van der Waals surface area contributed by atoms with Crippen LogP contribution in [0.5, 0.6) is 5.75 Å². The van der Waals surface area contributed by atoms with Crippen molar-refractivity contribution in [2.24, 2.45) is 0 Å². The Morgan fingerprint density at radius 2 is 1.81 bits per heavy atom. The summed E-state index contributed by atoms with van der Waals surface area (Å²) in [7, 11) is 0. The first kappa shape index (κ1) is 15.0. The first-order valence-electron chi connectivity index (χ1n) is 6.56. The van der Waals surface area contributed by atoms with E-state index in [2.05, 4.69) is 5.32 Å². The van der Waals surface area contributed by atoms with E-state index in [0.717, 1.165) is 11.1 Å². The Labute approximate surface area is 121 Å². The lowest BCUT2D eigenvalue weighted by molar-refractivity contribution is -0.136. The molecule has 0 heterocycles. The third-order valence-electron chi connectivity index (χ3n) is 3.00. The zero-order valence-electron chi connectivity index (χ0n) is 11.3. The van der Waals surface area contributed by atoms with Crippen LogP contribution in [0.1, 0.15) is 12.0 Å². The molecule has 0 saturated carbocycles. The zero-order valence-corrected chi connectivity index (χ0v) is 11.3. The molecule has 110 valence electrons. The van der Waals surface area contributed by atoms with E-state index >= 15 is 0 Å². The number of carboxylic acids is 1. The molecule has 0 aliphatic heterocycles. The van der Waals surface area contributed by atoms with Gasteiger partial charge in [0.2, 0.25) is 0 Å². The molecular weight excluding hydrogens is 273 g/mol. The van der Waals surface area contributed by atoms with Gasteiger partial charge in [-0.1, -0.05) is 12.1 Å². The summed E-state index contributed by atoms with van der Waals surface area (Å²) in [5.74, 6) is -1.06. The summed E-state index contributed by atoms with van der Waals surface area (Å²) in [6.45, 7) is 0.733. The maximum absolute atomic E-state index is 13.7. The van der Waals surface area contributed by atoms with Gasteiger partial charge < -0.3 is 15.5 Å². The molecule has 0 fully saturated rings. The molecule has 2 aromatic carbocycles. The number of hydrogen-bond acceptors (Lipinski definition) is 3. The Hall–Kier alpha value is -2.40. The average molecular weight is 289 g/mol. The number of rotatable bonds is 6. The van der Waals surface area contributed by atoms with Crippen LogP contribution in [0.25, 0.3) is 11.1 Å². The molecule has 0 aliphatic carbocycles. The highest BCUT2D eigenvalue weighted by Crippen LogP contribution is 2.24.